The zero-order valence-electron chi connectivity index (χ0n) is 13.3. The number of rotatable bonds is 4. The van der Waals surface area contributed by atoms with Crippen molar-refractivity contribution in [3.05, 3.63) is 23.4 Å². The predicted octanol–water partition coefficient (Wildman–Crippen LogP) is 1.81. The molecule has 112 valence electrons. The van der Waals surface area contributed by atoms with Crippen molar-refractivity contribution >= 4 is 5.82 Å². The van der Waals surface area contributed by atoms with Crippen LogP contribution in [0, 0.1) is 6.92 Å². The van der Waals surface area contributed by atoms with Gasteiger partial charge in [-0.15, -0.1) is 0 Å². The Morgan fingerprint density at radius 2 is 2.05 bits per heavy atom. The Kier molecular flexibility index (Phi) is 5.00. The van der Waals surface area contributed by atoms with Gasteiger partial charge in [0.25, 0.3) is 0 Å². The molecule has 0 radical (unpaired) electrons. The van der Waals surface area contributed by atoms with Crippen LogP contribution in [0.25, 0.3) is 0 Å². The maximum atomic E-state index is 5.86. The summed E-state index contributed by atoms with van der Waals surface area (Å²) in [5, 5.41) is 0. The predicted molar refractivity (Wildman–Crippen MR) is 85.2 cm³/mol. The molecule has 20 heavy (non-hydrogen) atoms. The molecule has 0 aliphatic carbocycles. The normalized spacial score (nSPS) is 18.6. The third-order valence-corrected chi connectivity index (χ3v) is 4.16. The molecule has 1 unspecified atom stereocenters. The summed E-state index contributed by atoms with van der Waals surface area (Å²) in [5.74, 6) is 1.15. The van der Waals surface area contributed by atoms with Crippen molar-refractivity contribution in [3.8, 4) is 0 Å². The van der Waals surface area contributed by atoms with Gasteiger partial charge in [-0.05, 0) is 58.3 Å². The molecule has 0 aromatic carbocycles. The van der Waals surface area contributed by atoms with Gasteiger partial charge < -0.3 is 15.5 Å². The monoisotopic (exact) mass is 276 g/mol. The summed E-state index contributed by atoms with van der Waals surface area (Å²) in [6.07, 6.45) is 5.33. The van der Waals surface area contributed by atoms with E-state index >= 15 is 0 Å². The van der Waals surface area contributed by atoms with Gasteiger partial charge in [0.1, 0.15) is 5.82 Å². The second kappa shape index (κ2) is 6.55. The molecule has 1 saturated heterocycles. The number of aromatic nitrogens is 1. The van der Waals surface area contributed by atoms with Crippen molar-refractivity contribution in [2.24, 2.45) is 5.73 Å². The molecule has 2 rings (SSSR count). The van der Waals surface area contributed by atoms with E-state index in [4.69, 9.17) is 5.73 Å². The van der Waals surface area contributed by atoms with Crippen LogP contribution in [0.1, 0.15) is 30.9 Å². The average Bonchev–Trinajstić information content (AvgIpc) is 2.38. The maximum absolute atomic E-state index is 5.86. The van der Waals surface area contributed by atoms with Crippen LogP contribution in [0.2, 0.25) is 0 Å². The highest BCUT2D eigenvalue weighted by molar-refractivity contribution is 5.47. The van der Waals surface area contributed by atoms with Gasteiger partial charge in [-0.2, -0.15) is 0 Å². The minimum Gasteiger partial charge on any atom is -0.356 e. The lowest BCUT2D eigenvalue weighted by molar-refractivity contribution is 0.249. The molecule has 4 heteroatoms. The third kappa shape index (κ3) is 3.70. The van der Waals surface area contributed by atoms with Crippen LogP contribution in [0.3, 0.4) is 0 Å². The molecule has 2 N–H and O–H groups in total. The first-order chi connectivity index (χ1) is 9.47. The summed E-state index contributed by atoms with van der Waals surface area (Å²) in [7, 11) is 4.35. The maximum Gasteiger partial charge on any atom is 0.131 e. The zero-order valence-corrected chi connectivity index (χ0v) is 13.3. The first kappa shape index (κ1) is 15.3. The van der Waals surface area contributed by atoms with E-state index in [9.17, 15) is 0 Å². The minimum atomic E-state index is 0.192. The van der Waals surface area contributed by atoms with Crippen molar-refractivity contribution in [3.63, 3.8) is 0 Å². The molecule has 0 amide bonds. The van der Waals surface area contributed by atoms with E-state index in [1.54, 1.807) is 0 Å². The summed E-state index contributed by atoms with van der Waals surface area (Å²) >= 11 is 0. The van der Waals surface area contributed by atoms with E-state index in [-0.39, 0.29) is 6.04 Å². The molecule has 0 saturated carbocycles. The fourth-order valence-electron chi connectivity index (χ4n) is 3.03. The number of aryl methyl sites for hydroxylation is 1. The van der Waals surface area contributed by atoms with Gasteiger partial charge >= 0.3 is 0 Å². The molecule has 1 atom stereocenters. The van der Waals surface area contributed by atoms with Crippen molar-refractivity contribution < 1.29 is 0 Å². The first-order valence-electron chi connectivity index (χ1n) is 7.60. The van der Waals surface area contributed by atoms with Crippen molar-refractivity contribution in [1.29, 1.82) is 0 Å². The van der Waals surface area contributed by atoms with Crippen LogP contribution in [0.4, 0.5) is 5.82 Å². The van der Waals surface area contributed by atoms with Crippen molar-refractivity contribution in [1.82, 2.24) is 9.88 Å². The molecule has 4 nitrogen and oxygen atoms in total. The number of nitrogens with two attached hydrogens (primary N) is 1. The first-order valence-corrected chi connectivity index (χ1v) is 7.60. The fourth-order valence-corrected chi connectivity index (χ4v) is 3.03. The lowest BCUT2D eigenvalue weighted by Gasteiger charge is -2.36. The van der Waals surface area contributed by atoms with Crippen molar-refractivity contribution in [2.75, 3.05) is 32.1 Å². The highest BCUT2D eigenvalue weighted by Crippen LogP contribution is 2.23. The third-order valence-electron chi connectivity index (χ3n) is 4.16. The second-order valence-corrected chi connectivity index (χ2v) is 6.35. The summed E-state index contributed by atoms with van der Waals surface area (Å²) in [6.45, 7) is 6.40. The Hall–Kier alpha value is -1.13. The summed E-state index contributed by atoms with van der Waals surface area (Å²) < 4.78 is 0. The summed E-state index contributed by atoms with van der Waals surface area (Å²) in [5.41, 5.74) is 8.37. The van der Waals surface area contributed by atoms with Crippen LogP contribution in [-0.2, 0) is 6.42 Å². The fraction of sp³-hybridized carbons (Fsp3) is 0.688. The number of anilines is 1. The van der Waals surface area contributed by atoms with Crippen LogP contribution in [-0.4, -0.2) is 49.2 Å². The molecule has 2 heterocycles. The van der Waals surface area contributed by atoms with E-state index in [1.807, 2.05) is 13.1 Å². The van der Waals surface area contributed by atoms with Gasteiger partial charge in [-0.25, -0.2) is 4.98 Å². The Morgan fingerprint density at radius 1 is 1.40 bits per heavy atom. The summed E-state index contributed by atoms with van der Waals surface area (Å²) in [6, 6.07) is 3.14. The van der Waals surface area contributed by atoms with Gasteiger partial charge in [-0.1, -0.05) is 6.07 Å². The number of piperidine rings is 1. The quantitative estimate of drug-likeness (QED) is 0.911. The molecular formula is C16H28N4. The number of pyridine rings is 1. The molecule has 0 bridgehead atoms. The Labute approximate surface area is 123 Å². The lowest BCUT2D eigenvalue weighted by Crippen LogP contribution is -2.42. The Bertz CT molecular complexity index is 434. The number of nitrogens with zero attached hydrogens (tertiary/aromatic N) is 3. The standard InChI is InChI=1S/C16H28N4/c1-12-9-14(10-13(2)17)11-18-16(12)20-7-5-15(6-8-20)19(3)4/h9,11,13,15H,5-8,10,17H2,1-4H3. The second-order valence-electron chi connectivity index (χ2n) is 6.35. The Balaban J connectivity index is 2.03. The molecule has 1 aliphatic heterocycles. The van der Waals surface area contributed by atoms with Gasteiger partial charge in [0, 0.05) is 31.4 Å². The van der Waals surface area contributed by atoms with E-state index < -0.39 is 0 Å². The van der Waals surface area contributed by atoms with E-state index in [2.05, 4.69) is 41.9 Å². The number of hydrogen-bond donors (Lipinski definition) is 1. The van der Waals surface area contributed by atoms with Crippen LogP contribution in [0.15, 0.2) is 12.3 Å². The van der Waals surface area contributed by atoms with Crippen LogP contribution in [0.5, 0.6) is 0 Å². The van der Waals surface area contributed by atoms with Crippen LogP contribution < -0.4 is 10.6 Å². The average molecular weight is 276 g/mol. The molecule has 1 aromatic rings. The molecule has 1 aliphatic rings. The SMILES string of the molecule is Cc1cc(CC(C)N)cnc1N1CCC(N(C)C)CC1. The molecule has 0 spiro atoms. The molecule has 1 aromatic heterocycles. The Morgan fingerprint density at radius 3 is 2.55 bits per heavy atom. The van der Waals surface area contributed by atoms with Crippen molar-refractivity contribution in [2.45, 2.75) is 45.2 Å². The van der Waals surface area contributed by atoms with Gasteiger partial charge in [-0.3, -0.25) is 0 Å². The number of hydrogen-bond acceptors (Lipinski definition) is 4. The van der Waals surface area contributed by atoms with Gasteiger partial charge in [0.15, 0.2) is 0 Å². The lowest BCUT2D eigenvalue weighted by atomic mass is 10.0. The van der Waals surface area contributed by atoms with E-state index in [1.165, 1.54) is 24.0 Å². The minimum absolute atomic E-state index is 0.192. The van der Waals surface area contributed by atoms with Gasteiger partial charge in [0.05, 0.1) is 0 Å². The summed E-state index contributed by atoms with van der Waals surface area (Å²) in [4.78, 5) is 9.44. The van der Waals surface area contributed by atoms with Crippen LogP contribution >= 0.6 is 0 Å². The van der Waals surface area contributed by atoms with E-state index in [0.29, 0.717) is 6.04 Å². The smallest absolute Gasteiger partial charge is 0.131 e. The highest BCUT2D eigenvalue weighted by atomic mass is 15.2. The molecular weight excluding hydrogens is 248 g/mol. The zero-order chi connectivity index (χ0) is 14.7. The molecule has 1 fully saturated rings. The topological polar surface area (TPSA) is 45.4 Å². The highest BCUT2D eigenvalue weighted by Gasteiger charge is 2.22. The van der Waals surface area contributed by atoms with E-state index in [0.717, 1.165) is 25.3 Å². The largest absolute Gasteiger partial charge is 0.356 e. The van der Waals surface area contributed by atoms with Gasteiger partial charge in [0.2, 0.25) is 0 Å².